The number of hydrogen-bond donors (Lipinski definition) is 2. The summed E-state index contributed by atoms with van der Waals surface area (Å²) in [7, 11) is 0. The Balaban J connectivity index is 1.88. The van der Waals surface area contributed by atoms with Crippen LogP contribution >= 0.6 is 0 Å². The molecule has 0 spiro atoms. The van der Waals surface area contributed by atoms with Crippen LogP contribution in [0, 0.1) is 5.92 Å². The van der Waals surface area contributed by atoms with Crippen LogP contribution in [0.5, 0.6) is 0 Å². The van der Waals surface area contributed by atoms with Crippen molar-refractivity contribution in [2.75, 3.05) is 31.5 Å². The second-order valence-corrected chi connectivity index (χ2v) is 6.63. The highest BCUT2D eigenvalue weighted by Crippen LogP contribution is 2.19. The fraction of sp³-hybridized carbons (Fsp3) is 0.579. The van der Waals surface area contributed by atoms with E-state index in [1.54, 1.807) is 6.07 Å². The molecule has 5 nitrogen and oxygen atoms in total. The van der Waals surface area contributed by atoms with Crippen LogP contribution in [0.2, 0.25) is 0 Å². The summed E-state index contributed by atoms with van der Waals surface area (Å²) in [6, 6.07) is 7.22. The second kappa shape index (κ2) is 9.42. The highest BCUT2D eigenvalue weighted by Gasteiger charge is 2.21. The quantitative estimate of drug-likeness (QED) is 0.755. The molecule has 1 aromatic rings. The van der Waals surface area contributed by atoms with Gasteiger partial charge in [0.05, 0.1) is 6.54 Å². The second-order valence-electron chi connectivity index (χ2n) is 6.63. The SMILES string of the molecule is CCCCNCC(=O)Nc1cccc(C(=O)N2CCC(C)CC2)c1. The number of unbranched alkanes of at least 4 members (excludes halogenated alkanes) is 1. The average Bonchev–Trinajstić information content (AvgIpc) is 2.59. The van der Waals surface area contributed by atoms with Gasteiger partial charge in [-0.15, -0.1) is 0 Å². The number of carbonyl (C=O) groups is 2. The highest BCUT2D eigenvalue weighted by atomic mass is 16.2. The van der Waals surface area contributed by atoms with Crippen molar-refractivity contribution in [2.24, 2.45) is 5.92 Å². The van der Waals surface area contributed by atoms with Crippen LogP contribution < -0.4 is 10.6 Å². The number of anilines is 1. The van der Waals surface area contributed by atoms with Gasteiger partial charge in [0.1, 0.15) is 0 Å². The Kier molecular flexibility index (Phi) is 7.25. The molecule has 1 aromatic carbocycles. The minimum Gasteiger partial charge on any atom is -0.339 e. The van der Waals surface area contributed by atoms with Gasteiger partial charge in [-0.3, -0.25) is 9.59 Å². The summed E-state index contributed by atoms with van der Waals surface area (Å²) in [6.45, 7) is 7.12. The first-order valence-electron chi connectivity index (χ1n) is 9.00. The molecule has 1 heterocycles. The zero-order chi connectivity index (χ0) is 17.4. The molecule has 1 aliphatic rings. The number of nitrogens with one attached hydrogen (secondary N) is 2. The van der Waals surface area contributed by atoms with E-state index in [-0.39, 0.29) is 11.8 Å². The third kappa shape index (κ3) is 5.64. The van der Waals surface area contributed by atoms with Crippen LogP contribution in [0.25, 0.3) is 0 Å². The minimum atomic E-state index is -0.0810. The lowest BCUT2D eigenvalue weighted by atomic mass is 9.98. The van der Waals surface area contributed by atoms with Gasteiger partial charge >= 0.3 is 0 Å². The Labute approximate surface area is 144 Å². The van der Waals surface area contributed by atoms with Crippen molar-refractivity contribution >= 4 is 17.5 Å². The molecule has 2 rings (SSSR count). The third-order valence-electron chi connectivity index (χ3n) is 4.46. The summed E-state index contributed by atoms with van der Waals surface area (Å²) in [5.41, 5.74) is 1.31. The van der Waals surface area contributed by atoms with Crippen LogP contribution in [0.4, 0.5) is 5.69 Å². The van der Waals surface area contributed by atoms with Crippen LogP contribution in [-0.4, -0.2) is 42.9 Å². The van der Waals surface area contributed by atoms with E-state index in [0.29, 0.717) is 23.7 Å². The molecule has 1 saturated heterocycles. The smallest absolute Gasteiger partial charge is 0.253 e. The van der Waals surface area contributed by atoms with Gasteiger partial charge in [0, 0.05) is 24.3 Å². The number of benzene rings is 1. The van der Waals surface area contributed by atoms with Crippen molar-refractivity contribution in [3.8, 4) is 0 Å². The predicted octanol–water partition coefficient (Wildman–Crippen LogP) is 2.89. The lowest BCUT2D eigenvalue weighted by Crippen LogP contribution is -2.37. The largest absolute Gasteiger partial charge is 0.339 e. The molecule has 1 fully saturated rings. The molecular weight excluding hydrogens is 302 g/mol. The zero-order valence-electron chi connectivity index (χ0n) is 14.8. The van der Waals surface area contributed by atoms with E-state index in [4.69, 9.17) is 0 Å². The Bertz CT molecular complexity index is 551. The van der Waals surface area contributed by atoms with Crippen molar-refractivity contribution in [2.45, 2.75) is 39.5 Å². The van der Waals surface area contributed by atoms with E-state index >= 15 is 0 Å². The van der Waals surface area contributed by atoms with Gasteiger partial charge in [0.25, 0.3) is 5.91 Å². The lowest BCUT2D eigenvalue weighted by Gasteiger charge is -2.30. The van der Waals surface area contributed by atoms with E-state index in [1.165, 1.54) is 0 Å². The van der Waals surface area contributed by atoms with Crippen LogP contribution in [0.3, 0.4) is 0 Å². The molecular formula is C19H29N3O2. The maximum absolute atomic E-state index is 12.6. The van der Waals surface area contributed by atoms with Crippen molar-refractivity contribution in [3.63, 3.8) is 0 Å². The molecule has 0 radical (unpaired) electrons. The summed E-state index contributed by atoms with van der Waals surface area (Å²) < 4.78 is 0. The van der Waals surface area contributed by atoms with Crippen molar-refractivity contribution < 1.29 is 9.59 Å². The molecule has 0 unspecified atom stereocenters. The van der Waals surface area contributed by atoms with Crippen LogP contribution in [0.15, 0.2) is 24.3 Å². The number of piperidine rings is 1. The van der Waals surface area contributed by atoms with E-state index in [1.807, 2.05) is 23.1 Å². The highest BCUT2D eigenvalue weighted by molar-refractivity contribution is 5.97. The maximum Gasteiger partial charge on any atom is 0.253 e. The van der Waals surface area contributed by atoms with Crippen molar-refractivity contribution in [1.29, 1.82) is 0 Å². The predicted molar refractivity (Wildman–Crippen MR) is 97.2 cm³/mol. The fourth-order valence-corrected chi connectivity index (χ4v) is 2.83. The van der Waals surface area contributed by atoms with Gasteiger partial charge in [-0.25, -0.2) is 0 Å². The summed E-state index contributed by atoms with van der Waals surface area (Å²) >= 11 is 0. The van der Waals surface area contributed by atoms with E-state index in [9.17, 15) is 9.59 Å². The van der Waals surface area contributed by atoms with Gasteiger partial charge in [-0.1, -0.05) is 26.3 Å². The molecule has 0 aliphatic carbocycles. The van der Waals surface area contributed by atoms with E-state index in [0.717, 1.165) is 45.3 Å². The van der Waals surface area contributed by atoms with Crippen LogP contribution in [-0.2, 0) is 4.79 Å². The standard InChI is InChI=1S/C19H29N3O2/c1-3-4-10-20-14-18(23)21-17-7-5-6-16(13-17)19(24)22-11-8-15(2)9-12-22/h5-7,13,15,20H,3-4,8-12,14H2,1-2H3,(H,21,23). The topological polar surface area (TPSA) is 61.4 Å². The summed E-state index contributed by atoms with van der Waals surface area (Å²) in [5.74, 6) is 0.668. The number of likely N-dealkylation sites (tertiary alicyclic amines) is 1. The Hall–Kier alpha value is -1.88. The third-order valence-corrected chi connectivity index (χ3v) is 4.46. The molecule has 0 bridgehead atoms. The molecule has 24 heavy (non-hydrogen) atoms. The van der Waals surface area contributed by atoms with Crippen LogP contribution in [0.1, 0.15) is 49.9 Å². The molecule has 0 aromatic heterocycles. The van der Waals surface area contributed by atoms with E-state index in [2.05, 4.69) is 24.5 Å². The first kappa shape index (κ1) is 18.5. The summed E-state index contributed by atoms with van der Waals surface area (Å²) in [6.07, 6.45) is 4.29. The van der Waals surface area contributed by atoms with Gasteiger partial charge in [-0.2, -0.15) is 0 Å². The zero-order valence-corrected chi connectivity index (χ0v) is 14.8. The van der Waals surface area contributed by atoms with Gasteiger partial charge in [-0.05, 0) is 49.9 Å². The average molecular weight is 331 g/mol. The van der Waals surface area contributed by atoms with Gasteiger partial charge in [0.15, 0.2) is 0 Å². The fourth-order valence-electron chi connectivity index (χ4n) is 2.83. The number of hydrogen-bond acceptors (Lipinski definition) is 3. The summed E-state index contributed by atoms with van der Waals surface area (Å²) in [4.78, 5) is 26.4. The Morgan fingerprint density at radius 1 is 1.25 bits per heavy atom. The van der Waals surface area contributed by atoms with Crippen molar-refractivity contribution in [1.82, 2.24) is 10.2 Å². The molecule has 0 atom stereocenters. The maximum atomic E-state index is 12.6. The molecule has 0 saturated carbocycles. The van der Waals surface area contributed by atoms with E-state index < -0.39 is 0 Å². The Morgan fingerprint density at radius 2 is 2.00 bits per heavy atom. The molecule has 2 amide bonds. The molecule has 1 aliphatic heterocycles. The van der Waals surface area contributed by atoms with Gasteiger partial charge in [0.2, 0.25) is 5.91 Å². The lowest BCUT2D eigenvalue weighted by molar-refractivity contribution is -0.115. The monoisotopic (exact) mass is 331 g/mol. The van der Waals surface area contributed by atoms with Gasteiger partial charge < -0.3 is 15.5 Å². The number of carbonyl (C=O) groups excluding carboxylic acids is 2. The Morgan fingerprint density at radius 3 is 2.71 bits per heavy atom. The van der Waals surface area contributed by atoms with Crippen molar-refractivity contribution in [3.05, 3.63) is 29.8 Å². The number of amides is 2. The summed E-state index contributed by atoms with van der Waals surface area (Å²) in [5, 5.41) is 5.96. The normalized spacial score (nSPS) is 15.3. The first-order valence-corrected chi connectivity index (χ1v) is 9.00. The molecule has 132 valence electrons. The number of nitrogens with zero attached hydrogens (tertiary/aromatic N) is 1. The number of rotatable bonds is 7. The molecule has 5 heteroatoms. The molecule has 2 N–H and O–H groups in total. The first-order chi connectivity index (χ1) is 11.6. The minimum absolute atomic E-state index is 0.0547.